The highest BCUT2D eigenvalue weighted by Gasteiger charge is 2.49. The Bertz CT molecular complexity index is 1130. The smallest absolute Gasteiger partial charge is 0.227 e. The van der Waals surface area contributed by atoms with Crippen LogP contribution in [-0.4, -0.2) is 64.1 Å². The maximum Gasteiger partial charge on any atom is 0.227 e. The van der Waals surface area contributed by atoms with Gasteiger partial charge < -0.3 is 10.0 Å². The molecule has 5 rings (SSSR count). The van der Waals surface area contributed by atoms with Gasteiger partial charge in [-0.25, -0.2) is 0 Å². The number of hydrogen-bond donors (Lipinski definition) is 1. The third kappa shape index (κ3) is 5.37. The van der Waals surface area contributed by atoms with Gasteiger partial charge in [-0.2, -0.15) is 0 Å². The summed E-state index contributed by atoms with van der Waals surface area (Å²) in [5, 5.41) is 10.2. The molecule has 3 atom stereocenters. The van der Waals surface area contributed by atoms with Gasteiger partial charge in [0.2, 0.25) is 5.91 Å². The average Bonchev–Trinajstić information content (AvgIpc) is 2.88. The first-order valence-electron chi connectivity index (χ1n) is 12.6. The number of aromatic nitrogens is 1. The molecule has 2 aliphatic rings. The Morgan fingerprint density at radius 3 is 2.40 bits per heavy atom. The third-order valence-corrected chi connectivity index (χ3v) is 7.39. The number of fused-ring (bicyclic) bond motifs is 1. The van der Waals surface area contributed by atoms with E-state index in [2.05, 4.69) is 58.4 Å². The van der Waals surface area contributed by atoms with Crippen LogP contribution in [0.2, 0.25) is 0 Å². The fourth-order valence-corrected chi connectivity index (χ4v) is 5.54. The van der Waals surface area contributed by atoms with Gasteiger partial charge in [0, 0.05) is 43.5 Å². The molecule has 0 unspecified atom stereocenters. The number of hydrogen-bond acceptors (Lipinski definition) is 4. The van der Waals surface area contributed by atoms with Crippen molar-refractivity contribution in [3.8, 4) is 0 Å². The molecule has 1 aromatic heterocycles. The summed E-state index contributed by atoms with van der Waals surface area (Å²) in [6.07, 6.45) is 10.2. The zero-order valence-electron chi connectivity index (χ0n) is 20.0. The molecule has 5 heteroatoms. The number of rotatable bonds is 6. The minimum absolute atomic E-state index is 0.110. The zero-order valence-corrected chi connectivity index (χ0v) is 20.0. The SMILES string of the molecule is O=C(Cc1cccnc1)N1CCCCN2[C@H](CO)[C@@H](c3ccc(/C=C/c4ccccc4)cc3)[C@@H]2C1. The van der Waals surface area contributed by atoms with Crippen LogP contribution in [-0.2, 0) is 11.2 Å². The van der Waals surface area contributed by atoms with Crippen molar-refractivity contribution >= 4 is 18.1 Å². The molecule has 0 saturated carbocycles. The lowest BCUT2D eigenvalue weighted by Crippen LogP contribution is -2.68. The highest BCUT2D eigenvalue weighted by atomic mass is 16.3. The van der Waals surface area contributed by atoms with Crippen LogP contribution in [0.25, 0.3) is 12.2 Å². The van der Waals surface area contributed by atoms with Crippen molar-refractivity contribution in [1.82, 2.24) is 14.8 Å². The van der Waals surface area contributed by atoms with Gasteiger partial charge in [-0.3, -0.25) is 14.7 Å². The number of carbonyl (C=O) groups is 1. The van der Waals surface area contributed by atoms with E-state index in [1.165, 1.54) is 11.1 Å². The van der Waals surface area contributed by atoms with E-state index in [9.17, 15) is 9.90 Å². The summed E-state index contributed by atoms with van der Waals surface area (Å²) in [4.78, 5) is 21.8. The Labute approximate surface area is 207 Å². The lowest BCUT2D eigenvalue weighted by molar-refractivity contribution is -0.135. The highest BCUT2D eigenvalue weighted by molar-refractivity contribution is 5.78. The fourth-order valence-electron chi connectivity index (χ4n) is 5.54. The average molecular weight is 468 g/mol. The van der Waals surface area contributed by atoms with Gasteiger partial charge in [0.25, 0.3) is 0 Å². The normalized spacial score (nSPS) is 22.8. The van der Waals surface area contributed by atoms with Crippen LogP contribution in [0.3, 0.4) is 0 Å². The van der Waals surface area contributed by atoms with Crippen molar-refractivity contribution < 1.29 is 9.90 Å². The zero-order chi connectivity index (χ0) is 24.0. The van der Waals surface area contributed by atoms with Crippen molar-refractivity contribution in [3.63, 3.8) is 0 Å². The van der Waals surface area contributed by atoms with Crippen LogP contribution in [0, 0.1) is 0 Å². The van der Waals surface area contributed by atoms with E-state index in [1.54, 1.807) is 12.4 Å². The van der Waals surface area contributed by atoms with Crippen molar-refractivity contribution in [1.29, 1.82) is 0 Å². The van der Waals surface area contributed by atoms with Gasteiger partial charge in [0.15, 0.2) is 0 Å². The quantitative estimate of drug-likeness (QED) is 0.551. The summed E-state index contributed by atoms with van der Waals surface area (Å²) < 4.78 is 0. The van der Waals surface area contributed by atoms with E-state index in [0.717, 1.165) is 37.1 Å². The minimum atomic E-state index is 0.110. The van der Waals surface area contributed by atoms with Crippen LogP contribution in [0.1, 0.15) is 41.0 Å². The predicted octanol–water partition coefficient (Wildman–Crippen LogP) is 4.25. The summed E-state index contributed by atoms with van der Waals surface area (Å²) in [5.74, 6) is 0.381. The molecule has 1 amide bonds. The van der Waals surface area contributed by atoms with Crippen LogP contribution in [0.15, 0.2) is 79.1 Å². The molecule has 0 spiro atoms. The standard InChI is InChI=1S/C30H33N3O2/c34-22-28-30(26-14-12-24(13-15-26)11-10-23-7-2-1-3-8-23)27-21-32(17-4-5-18-33(27)28)29(35)19-25-9-6-16-31-20-25/h1-3,6-16,20,27-28,30,34H,4-5,17-19,21-22H2/b11-10+/t27-,28+,30-/m0/s1. The number of aliphatic hydroxyl groups is 1. The van der Waals surface area contributed by atoms with Gasteiger partial charge in [0.1, 0.15) is 0 Å². The van der Waals surface area contributed by atoms with Crippen LogP contribution in [0.4, 0.5) is 0 Å². The second kappa shape index (κ2) is 11.0. The molecule has 35 heavy (non-hydrogen) atoms. The molecule has 2 saturated heterocycles. The van der Waals surface area contributed by atoms with E-state index in [4.69, 9.17) is 0 Å². The molecule has 1 N–H and O–H groups in total. The molecule has 0 aliphatic carbocycles. The largest absolute Gasteiger partial charge is 0.395 e. The van der Waals surface area contributed by atoms with E-state index in [0.29, 0.717) is 13.0 Å². The molecule has 0 bridgehead atoms. The van der Waals surface area contributed by atoms with Crippen molar-refractivity contribution in [3.05, 3.63) is 101 Å². The van der Waals surface area contributed by atoms with Gasteiger partial charge in [-0.1, -0.05) is 72.8 Å². The number of aliphatic hydroxyl groups excluding tert-OH is 1. The van der Waals surface area contributed by atoms with Crippen LogP contribution < -0.4 is 0 Å². The Balaban J connectivity index is 1.31. The first-order valence-corrected chi connectivity index (χ1v) is 12.6. The number of nitrogens with zero attached hydrogens (tertiary/aromatic N) is 3. The molecule has 2 aromatic carbocycles. The maximum atomic E-state index is 13.2. The number of carbonyl (C=O) groups excluding carboxylic acids is 1. The summed E-state index contributed by atoms with van der Waals surface area (Å²) in [5.41, 5.74) is 4.52. The highest BCUT2D eigenvalue weighted by Crippen LogP contribution is 2.42. The Morgan fingerprint density at radius 1 is 0.943 bits per heavy atom. The minimum Gasteiger partial charge on any atom is -0.395 e. The fraction of sp³-hybridized carbons (Fsp3) is 0.333. The van der Waals surface area contributed by atoms with Crippen molar-refractivity contribution in [2.45, 2.75) is 37.3 Å². The monoisotopic (exact) mass is 467 g/mol. The number of benzene rings is 2. The topological polar surface area (TPSA) is 56.7 Å². The van der Waals surface area contributed by atoms with E-state index in [-0.39, 0.29) is 30.5 Å². The Hall–Kier alpha value is -3.28. The summed E-state index contributed by atoms with van der Waals surface area (Å²) in [6, 6.07) is 23.2. The molecule has 2 aliphatic heterocycles. The van der Waals surface area contributed by atoms with Crippen molar-refractivity contribution in [2.24, 2.45) is 0 Å². The molecule has 2 fully saturated rings. The lowest BCUT2D eigenvalue weighted by Gasteiger charge is -2.57. The summed E-state index contributed by atoms with van der Waals surface area (Å²) in [6.45, 7) is 2.62. The van der Waals surface area contributed by atoms with Gasteiger partial charge in [0.05, 0.1) is 13.0 Å². The summed E-state index contributed by atoms with van der Waals surface area (Å²) >= 11 is 0. The second-order valence-electron chi connectivity index (χ2n) is 9.58. The molecular weight excluding hydrogens is 434 g/mol. The maximum absolute atomic E-state index is 13.2. The predicted molar refractivity (Wildman–Crippen MR) is 140 cm³/mol. The van der Waals surface area contributed by atoms with E-state index in [1.807, 2.05) is 35.2 Å². The molecule has 3 aromatic rings. The third-order valence-electron chi connectivity index (χ3n) is 7.39. The van der Waals surface area contributed by atoms with Crippen LogP contribution >= 0.6 is 0 Å². The van der Waals surface area contributed by atoms with E-state index >= 15 is 0 Å². The van der Waals surface area contributed by atoms with Gasteiger partial charge >= 0.3 is 0 Å². The van der Waals surface area contributed by atoms with E-state index < -0.39 is 0 Å². The molecule has 5 nitrogen and oxygen atoms in total. The second-order valence-corrected chi connectivity index (χ2v) is 9.58. The lowest BCUT2D eigenvalue weighted by atomic mass is 9.74. The number of amides is 1. The molecule has 0 radical (unpaired) electrons. The van der Waals surface area contributed by atoms with Gasteiger partial charge in [-0.15, -0.1) is 0 Å². The first kappa shape index (κ1) is 23.5. The van der Waals surface area contributed by atoms with Crippen molar-refractivity contribution in [2.75, 3.05) is 26.2 Å². The Morgan fingerprint density at radius 2 is 1.69 bits per heavy atom. The number of pyridine rings is 1. The Kier molecular flexibility index (Phi) is 7.36. The first-order chi connectivity index (χ1) is 17.2. The molecular formula is C30H33N3O2. The summed E-state index contributed by atoms with van der Waals surface area (Å²) in [7, 11) is 0. The molecule has 3 heterocycles. The molecule has 180 valence electrons. The van der Waals surface area contributed by atoms with Gasteiger partial charge in [-0.05, 0) is 47.7 Å². The van der Waals surface area contributed by atoms with Crippen LogP contribution in [0.5, 0.6) is 0 Å².